The van der Waals surface area contributed by atoms with Crippen molar-refractivity contribution in [1.82, 2.24) is 10.4 Å². The summed E-state index contributed by atoms with van der Waals surface area (Å²) in [5.74, 6) is 6.39. The highest BCUT2D eigenvalue weighted by Gasteiger charge is 2.26. The predicted molar refractivity (Wildman–Crippen MR) is 65.7 cm³/mol. The van der Waals surface area contributed by atoms with Crippen LogP contribution in [0.1, 0.15) is 48.7 Å². The topological polar surface area (TPSA) is 50.9 Å². The van der Waals surface area contributed by atoms with Gasteiger partial charge in [0.2, 0.25) is 0 Å². The molecule has 3 nitrogen and oxygen atoms in total. The molecule has 1 fully saturated rings. The molecule has 1 aromatic rings. The van der Waals surface area contributed by atoms with Crippen LogP contribution in [0.3, 0.4) is 0 Å². The zero-order valence-corrected chi connectivity index (χ0v) is 10.2. The molecular weight excluding hydrogens is 198 g/mol. The molecule has 0 bridgehead atoms. The molecule has 2 rings (SSSR count). The highest BCUT2D eigenvalue weighted by Crippen LogP contribution is 2.35. The van der Waals surface area contributed by atoms with Crippen molar-refractivity contribution in [3.63, 3.8) is 0 Å². The average molecular weight is 219 g/mol. The first kappa shape index (κ1) is 11.6. The summed E-state index contributed by atoms with van der Waals surface area (Å²) in [7, 11) is 0. The zero-order chi connectivity index (χ0) is 11.5. The van der Waals surface area contributed by atoms with Gasteiger partial charge in [-0.05, 0) is 44.2 Å². The van der Waals surface area contributed by atoms with E-state index in [1.807, 2.05) is 6.92 Å². The number of nitrogens with one attached hydrogen (secondary N) is 1. The van der Waals surface area contributed by atoms with Crippen LogP contribution in [0, 0.1) is 19.8 Å². The number of aromatic nitrogens is 1. The van der Waals surface area contributed by atoms with Gasteiger partial charge in [-0.25, -0.2) is 0 Å². The molecular formula is C13H21N3. The quantitative estimate of drug-likeness (QED) is 0.606. The van der Waals surface area contributed by atoms with Crippen LogP contribution in [0.15, 0.2) is 12.1 Å². The van der Waals surface area contributed by atoms with Gasteiger partial charge in [0.1, 0.15) is 0 Å². The minimum atomic E-state index is 0.274. The SMILES string of the molecule is Cc1ccc(C(NN)C2CCCC2)c(C)n1. The molecule has 88 valence electrons. The lowest BCUT2D eigenvalue weighted by molar-refractivity contribution is 0.371. The highest BCUT2D eigenvalue weighted by molar-refractivity contribution is 5.25. The van der Waals surface area contributed by atoms with Crippen LogP contribution in [0.4, 0.5) is 0 Å². The smallest absolute Gasteiger partial charge is 0.0506 e. The van der Waals surface area contributed by atoms with Gasteiger partial charge in [0.05, 0.1) is 6.04 Å². The van der Waals surface area contributed by atoms with Gasteiger partial charge in [-0.3, -0.25) is 16.3 Å². The van der Waals surface area contributed by atoms with Crippen molar-refractivity contribution in [3.05, 3.63) is 29.1 Å². The van der Waals surface area contributed by atoms with Crippen molar-refractivity contribution in [3.8, 4) is 0 Å². The van der Waals surface area contributed by atoms with E-state index in [2.05, 4.69) is 29.5 Å². The number of pyridine rings is 1. The van der Waals surface area contributed by atoms with Gasteiger partial charge in [0, 0.05) is 11.4 Å². The molecule has 1 heterocycles. The van der Waals surface area contributed by atoms with Crippen LogP contribution in [0.5, 0.6) is 0 Å². The van der Waals surface area contributed by atoms with Gasteiger partial charge in [0.25, 0.3) is 0 Å². The van der Waals surface area contributed by atoms with Crippen molar-refractivity contribution < 1.29 is 0 Å². The normalized spacial score (nSPS) is 18.9. The number of rotatable bonds is 3. The van der Waals surface area contributed by atoms with Gasteiger partial charge in [-0.2, -0.15) is 0 Å². The summed E-state index contributed by atoms with van der Waals surface area (Å²) in [6.07, 6.45) is 5.23. The van der Waals surface area contributed by atoms with Crippen LogP contribution in [-0.4, -0.2) is 4.98 Å². The summed E-state index contributed by atoms with van der Waals surface area (Å²) < 4.78 is 0. The molecule has 0 radical (unpaired) electrons. The van der Waals surface area contributed by atoms with E-state index in [-0.39, 0.29) is 6.04 Å². The van der Waals surface area contributed by atoms with Gasteiger partial charge >= 0.3 is 0 Å². The van der Waals surface area contributed by atoms with E-state index in [9.17, 15) is 0 Å². The minimum absolute atomic E-state index is 0.274. The molecule has 0 aliphatic heterocycles. The lowest BCUT2D eigenvalue weighted by Crippen LogP contribution is -2.33. The predicted octanol–water partition coefficient (Wildman–Crippen LogP) is 2.39. The molecule has 3 N–H and O–H groups in total. The summed E-state index contributed by atoms with van der Waals surface area (Å²) in [5, 5.41) is 0. The second-order valence-electron chi connectivity index (χ2n) is 4.82. The number of hydrogen-bond donors (Lipinski definition) is 2. The molecule has 0 spiro atoms. The Morgan fingerprint density at radius 3 is 2.56 bits per heavy atom. The Morgan fingerprint density at radius 1 is 1.31 bits per heavy atom. The fraction of sp³-hybridized carbons (Fsp3) is 0.615. The molecule has 0 aromatic carbocycles. The molecule has 0 amide bonds. The third-order valence-electron chi connectivity index (χ3n) is 3.65. The molecule has 1 aromatic heterocycles. The number of nitrogens with zero attached hydrogens (tertiary/aromatic N) is 1. The van der Waals surface area contributed by atoms with Crippen LogP contribution < -0.4 is 11.3 Å². The Kier molecular flexibility index (Phi) is 3.56. The maximum absolute atomic E-state index is 5.71. The van der Waals surface area contributed by atoms with E-state index in [0.29, 0.717) is 5.92 Å². The van der Waals surface area contributed by atoms with E-state index in [1.54, 1.807) is 0 Å². The van der Waals surface area contributed by atoms with Crippen molar-refractivity contribution >= 4 is 0 Å². The van der Waals surface area contributed by atoms with E-state index < -0.39 is 0 Å². The molecule has 1 aliphatic carbocycles. The minimum Gasteiger partial charge on any atom is -0.271 e. The maximum atomic E-state index is 5.71. The van der Waals surface area contributed by atoms with Crippen molar-refractivity contribution in [2.75, 3.05) is 0 Å². The second kappa shape index (κ2) is 4.93. The summed E-state index contributed by atoms with van der Waals surface area (Å²) in [6, 6.07) is 4.51. The van der Waals surface area contributed by atoms with Gasteiger partial charge in [-0.1, -0.05) is 18.9 Å². The molecule has 1 aliphatic rings. The summed E-state index contributed by atoms with van der Waals surface area (Å²) in [5.41, 5.74) is 6.42. The Balaban J connectivity index is 2.25. The third-order valence-corrected chi connectivity index (χ3v) is 3.65. The number of nitrogens with two attached hydrogens (primary N) is 1. The number of hydrogen-bond acceptors (Lipinski definition) is 3. The first-order valence-electron chi connectivity index (χ1n) is 6.12. The van der Waals surface area contributed by atoms with Crippen LogP contribution in [0.25, 0.3) is 0 Å². The Hall–Kier alpha value is -0.930. The van der Waals surface area contributed by atoms with Gasteiger partial charge < -0.3 is 0 Å². The molecule has 1 atom stereocenters. The second-order valence-corrected chi connectivity index (χ2v) is 4.82. The van der Waals surface area contributed by atoms with Crippen molar-refractivity contribution in [2.45, 2.75) is 45.6 Å². The van der Waals surface area contributed by atoms with E-state index in [4.69, 9.17) is 5.84 Å². The van der Waals surface area contributed by atoms with Crippen LogP contribution in [-0.2, 0) is 0 Å². The molecule has 1 saturated carbocycles. The fourth-order valence-corrected chi connectivity index (χ4v) is 2.80. The monoisotopic (exact) mass is 219 g/mol. The Labute approximate surface area is 97.4 Å². The van der Waals surface area contributed by atoms with Gasteiger partial charge in [-0.15, -0.1) is 0 Å². The van der Waals surface area contributed by atoms with E-state index >= 15 is 0 Å². The Bertz CT molecular complexity index is 356. The summed E-state index contributed by atoms with van der Waals surface area (Å²) in [6.45, 7) is 4.10. The Morgan fingerprint density at radius 2 is 2.00 bits per heavy atom. The molecule has 0 saturated heterocycles. The first-order valence-corrected chi connectivity index (χ1v) is 6.12. The van der Waals surface area contributed by atoms with Crippen LogP contribution in [0.2, 0.25) is 0 Å². The molecule has 3 heteroatoms. The summed E-state index contributed by atoms with van der Waals surface area (Å²) in [4.78, 5) is 4.52. The average Bonchev–Trinajstić information content (AvgIpc) is 2.75. The number of aryl methyl sites for hydroxylation is 2. The van der Waals surface area contributed by atoms with Crippen molar-refractivity contribution in [1.29, 1.82) is 0 Å². The molecule has 16 heavy (non-hydrogen) atoms. The largest absolute Gasteiger partial charge is 0.271 e. The third kappa shape index (κ3) is 2.25. The lowest BCUT2D eigenvalue weighted by atomic mass is 9.91. The van der Waals surface area contributed by atoms with E-state index in [0.717, 1.165) is 11.4 Å². The first-order chi connectivity index (χ1) is 7.72. The van der Waals surface area contributed by atoms with E-state index in [1.165, 1.54) is 31.2 Å². The highest BCUT2D eigenvalue weighted by atomic mass is 15.2. The van der Waals surface area contributed by atoms with Crippen molar-refractivity contribution in [2.24, 2.45) is 11.8 Å². The zero-order valence-electron chi connectivity index (χ0n) is 10.2. The van der Waals surface area contributed by atoms with Gasteiger partial charge in [0.15, 0.2) is 0 Å². The standard InChI is InChI=1S/C13H21N3/c1-9-7-8-12(10(2)15-9)13(16-14)11-5-3-4-6-11/h7-8,11,13,16H,3-6,14H2,1-2H3. The lowest BCUT2D eigenvalue weighted by Gasteiger charge is -2.24. The molecule has 1 unspecified atom stereocenters. The van der Waals surface area contributed by atoms with Crippen LogP contribution >= 0.6 is 0 Å². The fourth-order valence-electron chi connectivity index (χ4n) is 2.80. The maximum Gasteiger partial charge on any atom is 0.0506 e. The number of hydrazine groups is 1. The summed E-state index contributed by atoms with van der Waals surface area (Å²) >= 11 is 0.